The molecule has 56 heavy (non-hydrogen) atoms. The van der Waals surface area contributed by atoms with Gasteiger partial charge in [0.25, 0.3) is 6.33 Å². The van der Waals surface area contributed by atoms with Gasteiger partial charge in [-0.1, -0.05) is 45.9 Å². The molecule has 0 unspecified atom stereocenters. The lowest BCUT2D eigenvalue weighted by molar-refractivity contribution is -0.662. The van der Waals surface area contributed by atoms with Gasteiger partial charge in [-0.05, 0) is 152 Å². The Bertz CT molecular complexity index is 2850. The van der Waals surface area contributed by atoms with Crippen LogP contribution < -0.4 is 9.13 Å². The third kappa shape index (κ3) is 6.53. The average molecular weight is 745 g/mol. The summed E-state index contributed by atoms with van der Waals surface area (Å²) in [5, 5.41) is 4.41. The maximum Gasteiger partial charge on any atom is 0.287 e. The van der Waals surface area contributed by atoms with Crippen molar-refractivity contribution in [3.8, 4) is 22.5 Å². The maximum absolute atomic E-state index is 16.1. The van der Waals surface area contributed by atoms with E-state index >= 15 is 4.39 Å². The Morgan fingerprint density at radius 3 is 2.25 bits per heavy atom. The van der Waals surface area contributed by atoms with Gasteiger partial charge in [-0.2, -0.15) is 4.57 Å². The van der Waals surface area contributed by atoms with Crippen LogP contribution in [0.3, 0.4) is 0 Å². The molecule has 0 saturated carbocycles. The summed E-state index contributed by atoms with van der Waals surface area (Å²) in [5.74, 6) is 0.992. The molecular formula is C50H53FN4O+2. The van der Waals surface area contributed by atoms with Crippen LogP contribution in [0.4, 0.5) is 4.39 Å². The molecule has 0 radical (unpaired) electrons. The highest BCUT2D eigenvalue weighted by Crippen LogP contribution is 2.39. The number of aryl methyl sites for hydroxylation is 5. The van der Waals surface area contributed by atoms with Crippen molar-refractivity contribution in [3.63, 3.8) is 0 Å². The van der Waals surface area contributed by atoms with Crippen LogP contribution in [0.5, 0.6) is 0 Å². The van der Waals surface area contributed by atoms with Crippen LogP contribution in [-0.2, 0) is 39.8 Å². The summed E-state index contributed by atoms with van der Waals surface area (Å²) < 4.78 is 27.2. The van der Waals surface area contributed by atoms with E-state index in [1.807, 2.05) is 33.3 Å². The molecule has 0 N–H and O–H groups in total. The summed E-state index contributed by atoms with van der Waals surface area (Å²) in [5.41, 5.74) is 16.1. The van der Waals surface area contributed by atoms with Crippen molar-refractivity contribution in [3.05, 3.63) is 130 Å². The first-order valence-electron chi connectivity index (χ1n) is 20.1. The Hall–Kier alpha value is -5.49. The van der Waals surface area contributed by atoms with Crippen LogP contribution >= 0.6 is 0 Å². The number of nitrogens with zero attached hydrogens (tertiary/aromatic N) is 4. The summed E-state index contributed by atoms with van der Waals surface area (Å²) >= 11 is 0. The van der Waals surface area contributed by atoms with E-state index in [2.05, 4.69) is 124 Å². The number of pyridine rings is 2. The van der Waals surface area contributed by atoms with E-state index in [0.29, 0.717) is 36.0 Å². The third-order valence-corrected chi connectivity index (χ3v) is 11.8. The quantitative estimate of drug-likeness (QED) is 0.138. The standard InChI is InChI=1S/C50H53FN4O/c1-28(2)22-34-14-17-40-43(26-34)52-27-54(9)48(40)41-25-31(6)47(51)37(33(41)8)18-15-36-16-19-39-42-24-30(5)32(7)46(49(42)56-50(39)53-36)45-21-20-38-35(23-29(3)4)12-11-13-44(38)55(45)10/h11-14,16-17,19-21,24-29H,15,18,22-23H2,1-10H3/q+2. The lowest BCUT2D eigenvalue weighted by Crippen LogP contribution is -2.32. The van der Waals surface area contributed by atoms with Crippen LogP contribution in [0.2, 0.25) is 0 Å². The second-order valence-electron chi connectivity index (χ2n) is 16.9. The molecule has 0 amide bonds. The van der Waals surface area contributed by atoms with Crippen molar-refractivity contribution in [2.45, 2.75) is 81.1 Å². The molecule has 4 aromatic carbocycles. The lowest BCUT2D eigenvalue weighted by Gasteiger charge is -2.16. The van der Waals surface area contributed by atoms with Crippen molar-refractivity contribution >= 4 is 43.9 Å². The highest BCUT2D eigenvalue weighted by atomic mass is 19.1. The average Bonchev–Trinajstić information content (AvgIpc) is 3.51. The Balaban J connectivity index is 1.16. The predicted octanol–water partition coefficient (Wildman–Crippen LogP) is 11.2. The molecule has 0 spiro atoms. The first kappa shape index (κ1) is 37.4. The Kier molecular flexibility index (Phi) is 9.72. The van der Waals surface area contributed by atoms with Crippen molar-refractivity contribution in [2.75, 3.05) is 0 Å². The second kappa shape index (κ2) is 14.5. The summed E-state index contributed by atoms with van der Waals surface area (Å²) in [7, 11) is 4.17. The molecule has 284 valence electrons. The largest absolute Gasteiger partial charge is 0.437 e. The molecule has 8 aromatic rings. The third-order valence-electron chi connectivity index (χ3n) is 11.8. The number of halogens is 1. The van der Waals surface area contributed by atoms with E-state index < -0.39 is 0 Å². The topological polar surface area (TPSA) is 46.7 Å². The molecule has 0 atom stereocenters. The number of rotatable bonds is 9. The minimum absolute atomic E-state index is 0.147. The zero-order valence-electron chi connectivity index (χ0n) is 34.6. The van der Waals surface area contributed by atoms with Crippen LogP contribution in [0.1, 0.15) is 72.3 Å². The van der Waals surface area contributed by atoms with Crippen molar-refractivity contribution in [1.82, 2.24) is 9.97 Å². The van der Waals surface area contributed by atoms with Crippen molar-refractivity contribution in [1.29, 1.82) is 0 Å². The minimum atomic E-state index is -0.147. The molecule has 4 aromatic heterocycles. The summed E-state index contributed by atoms with van der Waals surface area (Å²) in [4.78, 5) is 9.84. The fourth-order valence-electron chi connectivity index (χ4n) is 8.83. The minimum Gasteiger partial charge on any atom is -0.437 e. The molecular weight excluding hydrogens is 692 g/mol. The summed E-state index contributed by atoms with van der Waals surface area (Å²) in [6.45, 7) is 17.3. The number of fused-ring (bicyclic) bond motifs is 5. The van der Waals surface area contributed by atoms with Gasteiger partial charge in [0.05, 0.1) is 18.0 Å². The van der Waals surface area contributed by atoms with E-state index in [-0.39, 0.29) is 5.82 Å². The number of furan rings is 1. The van der Waals surface area contributed by atoms with Gasteiger partial charge in [-0.25, -0.2) is 13.9 Å². The molecule has 5 nitrogen and oxygen atoms in total. The molecule has 0 saturated heterocycles. The zero-order chi connectivity index (χ0) is 39.6. The van der Waals surface area contributed by atoms with Gasteiger partial charge in [0.1, 0.15) is 18.6 Å². The van der Waals surface area contributed by atoms with E-state index in [4.69, 9.17) is 14.4 Å². The number of benzene rings is 4. The van der Waals surface area contributed by atoms with E-state index in [1.165, 1.54) is 33.2 Å². The van der Waals surface area contributed by atoms with Gasteiger partial charge >= 0.3 is 0 Å². The molecule has 8 rings (SSSR count). The molecule has 0 bridgehead atoms. The van der Waals surface area contributed by atoms with Gasteiger partial charge in [0.15, 0.2) is 11.1 Å². The van der Waals surface area contributed by atoms with Crippen molar-refractivity contribution < 1.29 is 17.9 Å². The van der Waals surface area contributed by atoms with Gasteiger partial charge in [0, 0.05) is 39.5 Å². The van der Waals surface area contributed by atoms with Gasteiger partial charge < -0.3 is 4.42 Å². The number of aromatic nitrogens is 4. The number of hydrogen-bond acceptors (Lipinski definition) is 3. The van der Waals surface area contributed by atoms with Crippen LogP contribution in [-0.4, -0.2) is 9.97 Å². The first-order chi connectivity index (χ1) is 26.8. The molecule has 6 heteroatoms. The highest BCUT2D eigenvalue weighted by Gasteiger charge is 2.26. The summed E-state index contributed by atoms with van der Waals surface area (Å²) in [6, 6.07) is 26.1. The lowest BCUT2D eigenvalue weighted by atomic mass is 9.91. The van der Waals surface area contributed by atoms with Crippen molar-refractivity contribution in [2.24, 2.45) is 25.9 Å². The fraction of sp³-hybridized carbons (Fsp3) is 0.320. The molecule has 4 heterocycles. The molecule has 0 fully saturated rings. The van der Waals surface area contributed by atoms with E-state index in [0.717, 1.165) is 79.4 Å². The predicted molar refractivity (Wildman–Crippen MR) is 227 cm³/mol. The van der Waals surface area contributed by atoms with Gasteiger partial charge in [0.2, 0.25) is 16.9 Å². The SMILES string of the molecule is Cc1cc2c(oc3nc(CCc4c(C)c(-c5c6ccc(CC(C)C)cc6nc[n+]5C)cc(C)c4F)ccc32)c(-c2ccc3c(CC(C)C)cccc3[n+]2C)c1C. The molecule has 0 aliphatic heterocycles. The van der Waals surface area contributed by atoms with Crippen LogP contribution in [0, 0.1) is 45.3 Å². The van der Waals surface area contributed by atoms with Crippen LogP contribution in [0.15, 0.2) is 83.5 Å². The fourth-order valence-corrected chi connectivity index (χ4v) is 8.83. The van der Waals surface area contributed by atoms with Crippen LogP contribution in [0.25, 0.3) is 66.4 Å². The second-order valence-corrected chi connectivity index (χ2v) is 16.9. The van der Waals surface area contributed by atoms with Gasteiger partial charge in [-0.3, -0.25) is 0 Å². The monoisotopic (exact) mass is 744 g/mol. The Labute approximate surface area is 329 Å². The van der Waals surface area contributed by atoms with Gasteiger partial charge in [-0.15, -0.1) is 0 Å². The normalized spacial score (nSPS) is 12.1. The van der Waals surface area contributed by atoms with E-state index in [9.17, 15) is 0 Å². The maximum atomic E-state index is 16.1. The van der Waals surface area contributed by atoms with E-state index in [1.54, 1.807) is 0 Å². The Morgan fingerprint density at radius 2 is 1.48 bits per heavy atom. The molecule has 0 aliphatic rings. The smallest absolute Gasteiger partial charge is 0.287 e. The first-order valence-corrected chi connectivity index (χ1v) is 20.1. The Morgan fingerprint density at radius 1 is 0.732 bits per heavy atom. The summed E-state index contributed by atoms with van der Waals surface area (Å²) in [6.07, 6.45) is 5.02. The number of hydrogen-bond donors (Lipinski definition) is 0. The highest BCUT2D eigenvalue weighted by molar-refractivity contribution is 6.09. The zero-order valence-corrected chi connectivity index (χ0v) is 34.6. The molecule has 0 aliphatic carbocycles.